The lowest BCUT2D eigenvalue weighted by Gasteiger charge is -2.12. The van der Waals surface area contributed by atoms with Crippen LogP contribution < -0.4 is 14.8 Å². The van der Waals surface area contributed by atoms with E-state index in [-0.39, 0.29) is 10.7 Å². The number of thioether (sulfide) groups is 1. The Morgan fingerprint density at radius 1 is 1.29 bits per heavy atom. The highest BCUT2D eigenvalue weighted by molar-refractivity contribution is 7.99. The quantitative estimate of drug-likeness (QED) is 0.616. The smallest absolute Gasteiger partial charge is 0.276 e. The number of methoxy groups -OCH3 is 2. The SMILES string of the molecule is COc1ccc(OC)c(NC(=O)c2nc(SC(C)C)ncc2Cl)c1. The summed E-state index contributed by atoms with van der Waals surface area (Å²) >= 11 is 7.53. The Labute approximate surface area is 149 Å². The zero-order chi connectivity index (χ0) is 17.7. The van der Waals surface area contributed by atoms with Crippen molar-refractivity contribution < 1.29 is 14.3 Å². The number of rotatable bonds is 6. The van der Waals surface area contributed by atoms with Gasteiger partial charge in [0.2, 0.25) is 0 Å². The molecule has 1 aromatic heterocycles. The molecule has 0 bridgehead atoms. The fraction of sp³-hybridized carbons (Fsp3) is 0.312. The summed E-state index contributed by atoms with van der Waals surface area (Å²) < 4.78 is 10.4. The molecule has 24 heavy (non-hydrogen) atoms. The Kier molecular flexibility index (Phi) is 6.28. The largest absolute Gasteiger partial charge is 0.497 e. The summed E-state index contributed by atoms with van der Waals surface area (Å²) in [5.41, 5.74) is 0.578. The number of nitrogens with one attached hydrogen (secondary N) is 1. The lowest BCUT2D eigenvalue weighted by Crippen LogP contribution is -2.16. The minimum absolute atomic E-state index is 0.111. The molecule has 1 aromatic carbocycles. The van der Waals surface area contributed by atoms with Crippen LogP contribution in [-0.2, 0) is 0 Å². The number of nitrogens with zero attached hydrogens (tertiary/aromatic N) is 2. The predicted octanol–water partition coefficient (Wildman–Crippen LogP) is 3.90. The molecule has 0 atom stereocenters. The Balaban J connectivity index is 2.29. The Morgan fingerprint density at radius 3 is 2.67 bits per heavy atom. The fourth-order valence-corrected chi connectivity index (χ4v) is 2.73. The van der Waals surface area contributed by atoms with Gasteiger partial charge in [-0.15, -0.1) is 0 Å². The number of anilines is 1. The van der Waals surface area contributed by atoms with Gasteiger partial charge in [-0.3, -0.25) is 4.79 Å². The van der Waals surface area contributed by atoms with Gasteiger partial charge in [0.25, 0.3) is 5.91 Å². The van der Waals surface area contributed by atoms with Crippen molar-refractivity contribution in [2.75, 3.05) is 19.5 Å². The molecule has 1 amide bonds. The fourth-order valence-electron chi connectivity index (χ4n) is 1.87. The molecule has 128 valence electrons. The average molecular weight is 368 g/mol. The second-order valence-electron chi connectivity index (χ2n) is 5.04. The monoisotopic (exact) mass is 367 g/mol. The number of aromatic nitrogens is 2. The molecule has 0 unspecified atom stereocenters. The Morgan fingerprint density at radius 2 is 2.04 bits per heavy atom. The molecule has 2 rings (SSSR count). The first-order chi connectivity index (χ1) is 11.4. The first-order valence-corrected chi connectivity index (χ1v) is 8.43. The number of amides is 1. The van der Waals surface area contributed by atoms with Crippen LogP contribution in [0.3, 0.4) is 0 Å². The van der Waals surface area contributed by atoms with Crippen molar-refractivity contribution in [2.45, 2.75) is 24.3 Å². The molecular weight excluding hydrogens is 350 g/mol. The van der Waals surface area contributed by atoms with E-state index in [9.17, 15) is 4.79 Å². The van der Waals surface area contributed by atoms with E-state index in [4.69, 9.17) is 21.1 Å². The minimum atomic E-state index is -0.445. The summed E-state index contributed by atoms with van der Waals surface area (Å²) in [6.45, 7) is 4.03. The normalized spacial score (nSPS) is 10.6. The molecule has 0 aliphatic rings. The standard InChI is InChI=1S/C16H18ClN3O3S/c1-9(2)24-16-18-8-11(17)14(20-16)15(21)19-12-7-10(22-3)5-6-13(12)23-4/h5-9H,1-4H3,(H,19,21). The van der Waals surface area contributed by atoms with E-state index in [1.165, 1.54) is 25.1 Å². The molecule has 0 fully saturated rings. The van der Waals surface area contributed by atoms with E-state index < -0.39 is 5.91 Å². The summed E-state index contributed by atoms with van der Waals surface area (Å²) in [7, 11) is 3.07. The van der Waals surface area contributed by atoms with Gasteiger partial charge < -0.3 is 14.8 Å². The van der Waals surface area contributed by atoms with E-state index in [0.29, 0.717) is 27.6 Å². The predicted molar refractivity (Wildman–Crippen MR) is 95.5 cm³/mol. The third kappa shape index (κ3) is 4.52. The molecular formula is C16H18ClN3O3S. The van der Waals surface area contributed by atoms with Gasteiger partial charge in [0.1, 0.15) is 11.5 Å². The van der Waals surface area contributed by atoms with Crippen LogP contribution in [0.4, 0.5) is 5.69 Å². The van der Waals surface area contributed by atoms with Crippen molar-refractivity contribution in [1.82, 2.24) is 9.97 Å². The molecule has 2 aromatic rings. The maximum atomic E-state index is 12.5. The zero-order valence-corrected chi connectivity index (χ0v) is 15.4. The van der Waals surface area contributed by atoms with Crippen LogP contribution in [0.25, 0.3) is 0 Å². The molecule has 0 saturated carbocycles. The van der Waals surface area contributed by atoms with Crippen LogP contribution in [0, 0.1) is 0 Å². The van der Waals surface area contributed by atoms with E-state index in [1.807, 2.05) is 13.8 Å². The van der Waals surface area contributed by atoms with Gasteiger partial charge in [0, 0.05) is 11.3 Å². The number of benzene rings is 1. The van der Waals surface area contributed by atoms with Crippen molar-refractivity contribution in [3.8, 4) is 11.5 Å². The Hall–Kier alpha value is -1.99. The molecule has 1 heterocycles. The first-order valence-electron chi connectivity index (χ1n) is 7.17. The molecule has 0 saturated heterocycles. The van der Waals surface area contributed by atoms with Crippen LogP contribution in [0.1, 0.15) is 24.3 Å². The highest BCUT2D eigenvalue weighted by Gasteiger charge is 2.17. The van der Waals surface area contributed by atoms with E-state index in [0.717, 1.165) is 0 Å². The highest BCUT2D eigenvalue weighted by Crippen LogP contribution is 2.30. The number of carbonyl (C=O) groups is 1. The van der Waals surface area contributed by atoms with Crippen LogP contribution >= 0.6 is 23.4 Å². The topological polar surface area (TPSA) is 73.3 Å². The summed E-state index contributed by atoms with van der Waals surface area (Å²) in [6.07, 6.45) is 1.43. The van der Waals surface area contributed by atoms with E-state index in [1.54, 1.807) is 25.3 Å². The number of halogens is 1. The van der Waals surface area contributed by atoms with E-state index in [2.05, 4.69) is 15.3 Å². The molecule has 0 radical (unpaired) electrons. The second-order valence-corrected chi connectivity index (χ2v) is 6.99. The average Bonchev–Trinajstić information content (AvgIpc) is 2.56. The van der Waals surface area contributed by atoms with Crippen LogP contribution in [0.2, 0.25) is 5.02 Å². The summed E-state index contributed by atoms with van der Waals surface area (Å²) in [4.78, 5) is 20.9. The van der Waals surface area contributed by atoms with Gasteiger partial charge in [0.15, 0.2) is 10.9 Å². The van der Waals surface area contributed by atoms with Crippen molar-refractivity contribution in [1.29, 1.82) is 0 Å². The van der Waals surface area contributed by atoms with Gasteiger partial charge in [-0.2, -0.15) is 0 Å². The van der Waals surface area contributed by atoms with Crippen LogP contribution in [0.15, 0.2) is 29.6 Å². The maximum absolute atomic E-state index is 12.5. The number of hydrogen-bond acceptors (Lipinski definition) is 6. The van der Waals surface area contributed by atoms with E-state index >= 15 is 0 Å². The zero-order valence-electron chi connectivity index (χ0n) is 13.8. The minimum Gasteiger partial charge on any atom is -0.497 e. The van der Waals surface area contributed by atoms with Gasteiger partial charge >= 0.3 is 0 Å². The molecule has 0 aliphatic carbocycles. The number of ether oxygens (including phenoxy) is 2. The van der Waals surface area contributed by atoms with Crippen LogP contribution in [-0.4, -0.2) is 35.3 Å². The summed E-state index contributed by atoms with van der Waals surface area (Å²) in [5.74, 6) is 0.654. The molecule has 1 N–H and O–H groups in total. The lowest BCUT2D eigenvalue weighted by molar-refractivity contribution is 0.102. The molecule has 0 spiro atoms. The highest BCUT2D eigenvalue weighted by atomic mass is 35.5. The van der Waals surface area contributed by atoms with Crippen molar-refractivity contribution >= 4 is 35.0 Å². The van der Waals surface area contributed by atoms with Gasteiger partial charge in [-0.05, 0) is 12.1 Å². The van der Waals surface area contributed by atoms with Crippen molar-refractivity contribution in [3.05, 3.63) is 35.1 Å². The van der Waals surface area contributed by atoms with Crippen molar-refractivity contribution in [3.63, 3.8) is 0 Å². The second kappa shape index (κ2) is 8.21. The molecule has 8 heteroatoms. The maximum Gasteiger partial charge on any atom is 0.276 e. The molecule has 6 nitrogen and oxygen atoms in total. The summed E-state index contributed by atoms with van der Waals surface area (Å²) in [6, 6.07) is 5.11. The third-order valence-electron chi connectivity index (χ3n) is 2.93. The summed E-state index contributed by atoms with van der Waals surface area (Å²) in [5, 5.41) is 3.72. The van der Waals surface area contributed by atoms with Gasteiger partial charge in [0.05, 0.1) is 31.1 Å². The van der Waals surface area contributed by atoms with Crippen LogP contribution in [0.5, 0.6) is 11.5 Å². The van der Waals surface area contributed by atoms with Gasteiger partial charge in [-0.1, -0.05) is 37.2 Å². The Bertz CT molecular complexity index is 741. The molecule has 0 aliphatic heterocycles. The van der Waals surface area contributed by atoms with Gasteiger partial charge in [-0.25, -0.2) is 9.97 Å². The van der Waals surface area contributed by atoms with Crippen molar-refractivity contribution in [2.24, 2.45) is 0 Å². The lowest BCUT2D eigenvalue weighted by atomic mass is 10.2. The first kappa shape index (κ1) is 18.4. The third-order valence-corrected chi connectivity index (χ3v) is 4.09. The number of carbonyl (C=O) groups excluding carboxylic acids is 1. The number of hydrogen-bond donors (Lipinski definition) is 1.